The summed E-state index contributed by atoms with van der Waals surface area (Å²) in [5, 5.41) is 5.28. The zero-order valence-electron chi connectivity index (χ0n) is 14.0. The minimum atomic E-state index is 0.710. The fraction of sp³-hybridized carbons (Fsp3) is 0. The predicted molar refractivity (Wildman–Crippen MR) is 108 cm³/mol. The zero-order chi connectivity index (χ0) is 17.8. The highest BCUT2D eigenvalue weighted by Gasteiger charge is 2.12. The summed E-state index contributed by atoms with van der Waals surface area (Å²) in [6, 6.07) is 27.8. The van der Waals surface area contributed by atoms with Crippen LogP contribution in [-0.4, -0.2) is 16.0 Å². The summed E-state index contributed by atoms with van der Waals surface area (Å²) in [5.74, 6) is 0.789. The van der Waals surface area contributed by atoms with Crippen LogP contribution in [0.5, 0.6) is 0 Å². The molecule has 0 unspecified atom stereocenters. The standard InChI is InChI=1S/C22H16ClN3/c23-19-13-11-17(12-14-19)15-24-22-21(18-7-3-1-4-8-18)16-25-26(22)20-9-5-2-6-10-20/h1-16H/b24-15+. The van der Waals surface area contributed by atoms with E-state index < -0.39 is 0 Å². The fourth-order valence-corrected chi connectivity index (χ4v) is 2.86. The molecule has 4 aromatic rings. The minimum absolute atomic E-state index is 0.710. The Bertz CT molecular complexity index is 963. The van der Waals surface area contributed by atoms with Crippen molar-refractivity contribution >= 4 is 23.6 Å². The Morgan fingerprint density at radius 2 is 1.46 bits per heavy atom. The maximum absolute atomic E-state index is 5.96. The maximum atomic E-state index is 5.96. The largest absolute Gasteiger partial charge is 0.236 e. The van der Waals surface area contributed by atoms with Gasteiger partial charge in [-0.25, -0.2) is 9.67 Å². The summed E-state index contributed by atoms with van der Waals surface area (Å²) < 4.78 is 1.86. The van der Waals surface area contributed by atoms with Crippen LogP contribution in [0, 0.1) is 0 Å². The van der Waals surface area contributed by atoms with Gasteiger partial charge < -0.3 is 0 Å². The van der Waals surface area contributed by atoms with E-state index in [0.29, 0.717) is 5.02 Å². The van der Waals surface area contributed by atoms with Crippen LogP contribution in [0.1, 0.15) is 5.56 Å². The van der Waals surface area contributed by atoms with Crippen LogP contribution in [-0.2, 0) is 0 Å². The number of para-hydroxylation sites is 1. The molecular formula is C22H16ClN3. The molecule has 0 radical (unpaired) electrons. The average Bonchev–Trinajstić information content (AvgIpc) is 3.13. The van der Waals surface area contributed by atoms with E-state index in [1.54, 1.807) is 0 Å². The first-order valence-electron chi connectivity index (χ1n) is 8.30. The molecule has 1 heterocycles. The lowest BCUT2D eigenvalue weighted by atomic mass is 10.1. The number of aliphatic imine (C=N–C) groups is 1. The van der Waals surface area contributed by atoms with Gasteiger partial charge in [-0.2, -0.15) is 5.10 Å². The lowest BCUT2D eigenvalue weighted by Crippen LogP contribution is -1.95. The number of halogens is 1. The molecule has 0 aliphatic heterocycles. The van der Waals surface area contributed by atoms with E-state index in [9.17, 15) is 0 Å². The first-order chi connectivity index (χ1) is 12.8. The van der Waals surface area contributed by atoms with Crippen LogP contribution in [0.25, 0.3) is 16.8 Å². The van der Waals surface area contributed by atoms with Crippen LogP contribution in [0.4, 0.5) is 5.82 Å². The zero-order valence-corrected chi connectivity index (χ0v) is 14.7. The number of nitrogens with zero attached hydrogens (tertiary/aromatic N) is 3. The van der Waals surface area contributed by atoms with Gasteiger partial charge in [0.25, 0.3) is 0 Å². The summed E-state index contributed by atoms with van der Waals surface area (Å²) in [5.41, 5.74) is 4.02. The SMILES string of the molecule is Clc1ccc(/C=N/c2c(-c3ccccc3)cnn2-c2ccccc2)cc1. The van der Waals surface area contributed by atoms with E-state index in [0.717, 1.165) is 28.2 Å². The van der Waals surface area contributed by atoms with E-state index in [1.807, 2.05) is 89.9 Å². The molecule has 4 rings (SSSR count). The third-order valence-corrected chi connectivity index (χ3v) is 4.29. The van der Waals surface area contributed by atoms with Crippen molar-refractivity contribution in [3.63, 3.8) is 0 Å². The Morgan fingerprint density at radius 3 is 2.15 bits per heavy atom. The Hall–Kier alpha value is -3.17. The molecule has 0 aliphatic carbocycles. The van der Waals surface area contributed by atoms with Crippen molar-refractivity contribution in [2.75, 3.05) is 0 Å². The van der Waals surface area contributed by atoms with Crippen LogP contribution in [0.3, 0.4) is 0 Å². The van der Waals surface area contributed by atoms with Crippen molar-refractivity contribution in [2.45, 2.75) is 0 Å². The van der Waals surface area contributed by atoms with Gasteiger partial charge in [-0.3, -0.25) is 0 Å². The quantitative estimate of drug-likeness (QED) is 0.415. The van der Waals surface area contributed by atoms with Gasteiger partial charge in [0.2, 0.25) is 0 Å². The third-order valence-electron chi connectivity index (χ3n) is 4.04. The van der Waals surface area contributed by atoms with Gasteiger partial charge >= 0.3 is 0 Å². The summed E-state index contributed by atoms with van der Waals surface area (Å²) in [7, 11) is 0. The highest BCUT2D eigenvalue weighted by atomic mass is 35.5. The van der Waals surface area contributed by atoms with Crippen LogP contribution < -0.4 is 0 Å². The molecule has 0 saturated carbocycles. The summed E-state index contributed by atoms with van der Waals surface area (Å²) in [6.07, 6.45) is 3.69. The lowest BCUT2D eigenvalue weighted by molar-refractivity contribution is 0.881. The van der Waals surface area contributed by atoms with Crippen molar-refractivity contribution in [3.05, 3.63) is 102 Å². The smallest absolute Gasteiger partial charge is 0.163 e. The van der Waals surface area contributed by atoms with Crippen LogP contribution in [0.2, 0.25) is 5.02 Å². The minimum Gasteiger partial charge on any atom is -0.236 e. The van der Waals surface area contributed by atoms with Gasteiger partial charge in [0.05, 0.1) is 11.9 Å². The van der Waals surface area contributed by atoms with Crippen molar-refractivity contribution in [3.8, 4) is 16.8 Å². The Morgan fingerprint density at radius 1 is 0.808 bits per heavy atom. The Kier molecular flexibility index (Phi) is 4.63. The molecule has 0 amide bonds. The highest BCUT2D eigenvalue weighted by Crippen LogP contribution is 2.32. The molecule has 0 N–H and O–H groups in total. The molecule has 0 aliphatic rings. The molecule has 4 heteroatoms. The van der Waals surface area contributed by atoms with Gasteiger partial charge in [0.1, 0.15) is 0 Å². The summed E-state index contributed by atoms with van der Waals surface area (Å²) >= 11 is 5.96. The average molecular weight is 358 g/mol. The first kappa shape index (κ1) is 16.3. The van der Waals surface area contributed by atoms with Gasteiger partial charge in [-0.15, -0.1) is 0 Å². The number of aromatic nitrogens is 2. The first-order valence-corrected chi connectivity index (χ1v) is 8.67. The molecule has 0 spiro atoms. The van der Waals surface area contributed by atoms with Crippen LogP contribution >= 0.6 is 11.6 Å². The van der Waals surface area contributed by atoms with Gasteiger partial charge in [0.15, 0.2) is 5.82 Å². The Labute approximate surface area is 157 Å². The monoisotopic (exact) mass is 357 g/mol. The lowest BCUT2D eigenvalue weighted by Gasteiger charge is -2.06. The van der Waals surface area contributed by atoms with Crippen molar-refractivity contribution in [1.29, 1.82) is 0 Å². The third kappa shape index (κ3) is 3.44. The maximum Gasteiger partial charge on any atom is 0.163 e. The molecule has 0 fully saturated rings. The fourth-order valence-electron chi connectivity index (χ4n) is 2.73. The number of hydrogen-bond acceptors (Lipinski definition) is 2. The topological polar surface area (TPSA) is 30.2 Å². The van der Waals surface area contributed by atoms with E-state index in [4.69, 9.17) is 16.6 Å². The molecule has 0 saturated heterocycles. The number of rotatable bonds is 4. The normalized spacial score (nSPS) is 11.1. The van der Waals surface area contributed by atoms with Gasteiger partial charge in [0, 0.05) is 16.8 Å². The second-order valence-corrected chi connectivity index (χ2v) is 6.24. The van der Waals surface area contributed by atoms with Crippen molar-refractivity contribution in [1.82, 2.24) is 9.78 Å². The molecule has 3 aromatic carbocycles. The summed E-state index contributed by atoms with van der Waals surface area (Å²) in [4.78, 5) is 4.75. The van der Waals surface area contributed by atoms with Crippen LogP contribution in [0.15, 0.2) is 96.1 Å². The molecule has 0 atom stereocenters. The summed E-state index contributed by atoms with van der Waals surface area (Å²) in [6.45, 7) is 0. The molecule has 26 heavy (non-hydrogen) atoms. The number of benzene rings is 3. The van der Waals surface area contributed by atoms with E-state index in [2.05, 4.69) is 17.2 Å². The van der Waals surface area contributed by atoms with E-state index >= 15 is 0 Å². The molecule has 1 aromatic heterocycles. The molecule has 0 bridgehead atoms. The molecular weight excluding hydrogens is 342 g/mol. The van der Waals surface area contributed by atoms with Crippen molar-refractivity contribution < 1.29 is 0 Å². The van der Waals surface area contributed by atoms with Gasteiger partial charge in [-0.1, -0.05) is 72.3 Å². The van der Waals surface area contributed by atoms with E-state index in [1.165, 1.54) is 0 Å². The second-order valence-electron chi connectivity index (χ2n) is 5.80. The van der Waals surface area contributed by atoms with Gasteiger partial charge in [-0.05, 0) is 35.4 Å². The number of hydrogen-bond donors (Lipinski definition) is 0. The molecule has 3 nitrogen and oxygen atoms in total. The van der Waals surface area contributed by atoms with Crippen molar-refractivity contribution in [2.24, 2.45) is 4.99 Å². The highest BCUT2D eigenvalue weighted by molar-refractivity contribution is 6.30. The van der Waals surface area contributed by atoms with E-state index in [-0.39, 0.29) is 0 Å². The second kappa shape index (κ2) is 7.38. The predicted octanol–water partition coefficient (Wildman–Crippen LogP) is 5.94. The molecule has 126 valence electrons. The Balaban J connectivity index is 1.81.